The number of ketones is 1. The van der Waals surface area contributed by atoms with Crippen LogP contribution >= 0.6 is 0 Å². The van der Waals surface area contributed by atoms with Crippen molar-refractivity contribution in [2.45, 2.75) is 121 Å². The molecule has 0 aromatic carbocycles. The molecule has 4 aliphatic carbocycles. The number of hydrogen-bond donors (Lipinski definition) is 3. The van der Waals surface area contributed by atoms with Crippen LogP contribution in [0, 0.1) is 16.7 Å². The van der Waals surface area contributed by atoms with Crippen molar-refractivity contribution in [3.05, 3.63) is 22.3 Å². The molecule has 0 radical (unpaired) electrons. The van der Waals surface area contributed by atoms with E-state index in [-0.39, 0.29) is 24.2 Å². The number of esters is 1. The Labute approximate surface area is 218 Å². The Morgan fingerprint density at radius 2 is 1.81 bits per heavy atom. The van der Waals surface area contributed by atoms with Gasteiger partial charge in [-0.05, 0) is 65.7 Å². The number of carbonyl (C=O) groups excluding carboxylic acids is 2. The predicted octanol–water partition coefficient (Wildman–Crippen LogP) is 2.52. The fourth-order valence-corrected chi connectivity index (χ4v) is 9.25. The van der Waals surface area contributed by atoms with Crippen LogP contribution in [0.5, 0.6) is 0 Å². The van der Waals surface area contributed by atoms with Gasteiger partial charge in [-0.2, -0.15) is 0 Å². The zero-order chi connectivity index (χ0) is 26.9. The number of Topliss-reactive ketones (excluding diaryl/α,β-unsaturated/α-hetero) is 1. The van der Waals surface area contributed by atoms with E-state index >= 15 is 0 Å². The summed E-state index contributed by atoms with van der Waals surface area (Å²) in [6.45, 7) is 9.16. The van der Waals surface area contributed by atoms with E-state index in [1.807, 2.05) is 20.8 Å². The van der Waals surface area contributed by atoms with Gasteiger partial charge >= 0.3 is 5.97 Å². The van der Waals surface area contributed by atoms with Crippen LogP contribution < -0.4 is 0 Å². The molecule has 2 heterocycles. The maximum absolute atomic E-state index is 13.7. The standard InChI is InChI=1S/C29H40O8/c1-14-11-21(36-24(32)15(14)2)27(5,33)28(34)10-8-17-16-12-22-29(37-22)23(31)19(35-6)13-20(30)26(29,4)18(16)7-9-25(17,28)3/h18-19,21-23,31,33-34H,7-13H2,1-6H3/t18?,19-,21?,22+,23-,25-,26-,27-,28?,29-/m0/s1. The fraction of sp³-hybridized carbons (Fsp3) is 0.793. The van der Waals surface area contributed by atoms with Crippen molar-refractivity contribution >= 4 is 11.8 Å². The van der Waals surface area contributed by atoms with Gasteiger partial charge in [-0.25, -0.2) is 4.79 Å². The van der Waals surface area contributed by atoms with E-state index in [1.54, 1.807) is 13.8 Å². The minimum atomic E-state index is -1.67. The first-order valence-corrected chi connectivity index (χ1v) is 13.7. The second-order valence-electron chi connectivity index (χ2n) is 13.1. The molecule has 6 rings (SSSR count). The van der Waals surface area contributed by atoms with Crippen LogP contribution in [0.15, 0.2) is 22.3 Å². The van der Waals surface area contributed by atoms with E-state index in [1.165, 1.54) is 7.11 Å². The Kier molecular flexibility index (Phi) is 5.23. The monoisotopic (exact) mass is 516 g/mol. The van der Waals surface area contributed by atoms with E-state index in [2.05, 4.69) is 0 Å². The van der Waals surface area contributed by atoms with Crippen molar-refractivity contribution in [1.82, 2.24) is 0 Å². The molecule has 8 heteroatoms. The molecule has 0 amide bonds. The van der Waals surface area contributed by atoms with E-state index in [9.17, 15) is 24.9 Å². The van der Waals surface area contributed by atoms with Crippen molar-refractivity contribution in [1.29, 1.82) is 0 Å². The first-order chi connectivity index (χ1) is 17.2. The minimum Gasteiger partial charge on any atom is -0.455 e. The van der Waals surface area contributed by atoms with Crippen LogP contribution in [0.1, 0.15) is 79.6 Å². The highest BCUT2D eigenvalue weighted by atomic mass is 16.6. The summed E-state index contributed by atoms with van der Waals surface area (Å²) in [5, 5.41) is 35.5. The Hall–Kier alpha value is -1.58. The average molecular weight is 517 g/mol. The van der Waals surface area contributed by atoms with Crippen molar-refractivity contribution in [2.24, 2.45) is 16.7 Å². The van der Waals surface area contributed by atoms with Crippen LogP contribution in [-0.4, -0.2) is 75.4 Å². The number of carbonyl (C=O) groups is 2. The van der Waals surface area contributed by atoms with Gasteiger partial charge in [0.05, 0.1) is 17.6 Å². The average Bonchev–Trinajstić information content (AvgIpc) is 3.51. The molecule has 1 saturated heterocycles. The highest BCUT2D eigenvalue weighted by Crippen LogP contribution is 2.72. The molecule has 3 saturated carbocycles. The number of fused-ring (bicyclic) bond motifs is 3. The SMILES string of the molecule is CO[C@H]1CC(=O)[C@]2(C)C3CC[C@@]4(C)C(=C3C[C@H]3O[C@]32[C@H]1O)CCC4(O)[C@@](C)(O)C1CC(C)=C(C)C(=O)O1. The molecule has 1 spiro atoms. The van der Waals surface area contributed by atoms with Gasteiger partial charge < -0.3 is 29.5 Å². The molecule has 6 aliphatic rings. The normalized spacial score (nSPS) is 50.6. The van der Waals surface area contributed by atoms with E-state index < -0.39 is 51.9 Å². The quantitative estimate of drug-likeness (QED) is 0.297. The smallest absolute Gasteiger partial charge is 0.334 e. The molecule has 0 aromatic rings. The number of rotatable bonds is 3. The highest BCUT2D eigenvalue weighted by molar-refractivity contribution is 5.90. The first kappa shape index (κ1) is 25.7. The van der Waals surface area contributed by atoms with Gasteiger partial charge in [-0.1, -0.05) is 23.6 Å². The second kappa shape index (κ2) is 7.54. The first-order valence-electron chi connectivity index (χ1n) is 13.7. The van der Waals surface area contributed by atoms with Gasteiger partial charge in [0.1, 0.15) is 34.8 Å². The van der Waals surface area contributed by atoms with Gasteiger partial charge in [0.2, 0.25) is 0 Å². The Morgan fingerprint density at radius 1 is 1.11 bits per heavy atom. The second-order valence-corrected chi connectivity index (χ2v) is 13.1. The number of cyclic esters (lactones) is 1. The number of methoxy groups -OCH3 is 1. The molecular weight excluding hydrogens is 476 g/mol. The molecule has 37 heavy (non-hydrogen) atoms. The van der Waals surface area contributed by atoms with Crippen LogP contribution in [0.25, 0.3) is 0 Å². The van der Waals surface area contributed by atoms with Crippen molar-refractivity contribution in [3.8, 4) is 0 Å². The van der Waals surface area contributed by atoms with Gasteiger partial charge in [-0.3, -0.25) is 4.79 Å². The van der Waals surface area contributed by atoms with E-state index in [4.69, 9.17) is 14.2 Å². The summed E-state index contributed by atoms with van der Waals surface area (Å²) in [6, 6.07) is 0. The molecule has 3 N–H and O–H groups in total. The predicted molar refractivity (Wildman–Crippen MR) is 132 cm³/mol. The number of epoxide rings is 1. The fourth-order valence-electron chi connectivity index (χ4n) is 9.25. The summed E-state index contributed by atoms with van der Waals surface area (Å²) in [5.41, 5.74) is -2.06. The number of aliphatic hydroxyl groups is 3. The van der Waals surface area contributed by atoms with Gasteiger partial charge in [0, 0.05) is 30.9 Å². The zero-order valence-electron chi connectivity index (χ0n) is 22.7. The lowest BCUT2D eigenvalue weighted by molar-refractivity contribution is -0.236. The lowest BCUT2D eigenvalue weighted by atomic mass is 9.47. The number of ether oxygens (including phenoxy) is 3. The topological polar surface area (TPSA) is 126 Å². The van der Waals surface area contributed by atoms with E-state index in [0.29, 0.717) is 44.1 Å². The summed E-state index contributed by atoms with van der Waals surface area (Å²) in [5.74, 6) is -0.485. The Bertz CT molecular complexity index is 1150. The van der Waals surface area contributed by atoms with Crippen LogP contribution in [0.4, 0.5) is 0 Å². The van der Waals surface area contributed by atoms with Gasteiger partial charge in [0.25, 0.3) is 0 Å². The summed E-state index contributed by atoms with van der Waals surface area (Å²) < 4.78 is 17.4. The zero-order valence-corrected chi connectivity index (χ0v) is 22.7. The molecule has 8 nitrogen and oxygen atoms in total. The van der Waals surface area contributed by atoms with Crippen LogP contribution in [0.3, 0.4) is 0 Å². The van der Waals surface area contributed by atoms with Crippen molar-refractivity contribution in [3.63, 3.8) is 0 Å². The minimum absolute atomic E-state index is 0.0607. The molecule has 10 atom stereocenters. The van der Waals surface area contributed by atoms with Gasteiger partial charge in [-0.15, -0.1) is 0 Å². The maximum Gasteiger partial charge on any atom is 0.334 e. The summed E-state index contributed by atoms with van der Waals surface area (Å²) in [4.78, 5) is 26.2. The Morgan fingerprint density at radius 3 is 2.46 bits per heavy atom. The molecular formula is C29H40O8. The summed E-state index contributed by atoms with van der Waals surface area (Å²) in [6.07, 6.45) is 0.713. The third-order valence-electron chi connectivity index (χ3n) is 11.9. The Balaban J connectivity index is 1.40. The van der Waals surface area contributed by atoms with Crippen molar-refractivity contribution in [2.75, 3.05) is 7.11 Å². The van der Waals surface area contributed by atoms with Crippen molar-refractivity contribution < 1.29 is 39.1 Å². The lowest BCUT2D eigenvalue weighted by Crippen LogP contribution is -2.68. The van der Waals surface area contributed by atoms with Crippen LogP contribution in [-0.2, 0) is 23.8 Å². The number of aliphatic hydroxyl groups excluding tert-OH is 1. The summed E-state index contributed by atoms with van der Waals surface area (Å²) >= 11 is 0. The molecule has 204 valence electrons. The summed E-state index contributed by atoms with van der Waals surface area (Å²) in [7, 11) is 1.52. The molecule has 2 aliphatic heterocycles. The van der Waals surface area contributed by atoms with E-state index in [0.717, 1.165) is 16.7 Å². The highest BCUT2D eigenvalue weighted by Gasteiger charge is 2.81. The molecule has 0 aromatic heterocycles. The third-order valence-corrected chi connectivity index (χ3v) is 11.9. The largest absolute Gasteiger partial charge is 0.455 e. The molecule has 0 bridgehead atoms. The van der Waals surface area contributed by atoms with Crippen LogP contribution in [0.2, 0.25) is 0 Å². The third kappa shape index (κ3) is 2.76. The maximum atomic E-state index is 13.7. The molecule has 3 unspecified atom stereocenters. The van der Waals surface area contributed by atoms with Gasteiger partial charge in [0.15, 0.2) is 0 Å². The number of hydrogen-bond acceptors (Lipinski definition) is 8. The lowest BCUT2D eigenvalue weighted by Gasteiger charge is -2.57. The molecule has 4 fully saturated rings.